The minimum Gasteiger partial charge on any atom is -0.306 e. The molecule has 1 amide bonds. The first kappa shape index (κ1) is 18.4. The first-order valence-corrected chi connectivity index (χ1v) is 12.1. The molecule has 2 aliphatic heterocycles. The van der Waals surface area contributed by atoms with Gasteiger partial charge in [-0.05, 0) is 37.1 Å². The van der Waals surface area contributed by atoms with E-state index in [9.17, 15) is 13.2 Å². The van der Waals surface area contributed by atoms with Crippen molar-refractivity contribution >= 4 is 37.4 Å². The molecule has 26 heavy (non-hydrogen) atoms. The van der Waals surface area contributed by atoms with E-state index in [0.29, 0.717) is 12.6 Å². The molecule has 3 fully saturated rings. The van der Waals surface area contributed by atoms with Gasteiger partial charge in [-0.15, -0.1) is 0 Å². The maximum absolute atomic E-state index is 13.1. The number of hydrogen-bond donors (Lipinski definition) is 0. The largest absolute Gasteiger partial charge is 0.306 e. The van der Waals surface area contributed by atoms with Gasteiger partial charge in [0.15, 0.2) is 9.84 Å². The van der Waals surface area contributed by atoms with Crippen molar-refractivity contribution in [3.63, 3.8) is 0 Å². The Labute approximate surface area is 163 Å². The maximum atomic E-state index is 13.1. The zero-order valence-corrected chi connectivity index (χ0v) is 17.2. The fourth-order valence-electron chi connectivity index (χ4n) is 4.83. The van der Waals surface area contributed by atoms with Gasteiger partial charge in [0.25, 0.3) is 0 Å². The molecule has 0 spiro atoms. The van der Waals surface area contributed by atoms with Crippen molar-refractivity contribution < 1.29 is 13.2 Å². The van der Waals surface area contributed by atoms with Crippen molar-refractivity contribution in [2.75, 3.05) is 23.0 Å². The van der Waals surface area contributed by atoms with E-state index >= 15 is 0 Å². The van der Waals surface area contributed by atoms with Crippen LogP contribution >= 0.6 is 15.9 Å². The second-order valence-electron chi connectivity index (χ2n) is 7.77. The molecular weight excluding hydrogens is 416 g/mol. The van der Waals surface area contributed by atoms with E-state index in [0.717, 1.165) is 23.0 Å². The van der Waals surface area contributed by atoms with Gasteiger partial charge in [0, 0.05) is 22.2 Å². The Morgan fingerprint density at radius 3 is 2.19 bits per heavy atom. The number of carbonyl (C=O) groups excluding carboxylic acids is 1. The van der Waals surface area contributed by atoms with Crippen molar-refractivity contribution in [2.24, 2.45) is 0 Å². The van der Waals surface area contributed by atoms with E-state index in [4.69, 9.17) is 0 Å². The second-order valence-corrected chi connectivity index (χ2v) is 10.8. The van der Waals surface area contributed by atoms with Crippen LogP contribution in [0.5, 0.6) is 0 Å². The number of anilines is 1. The third kappa shape index (κ3) is 3.58. The number of fused-ring (bicyclic) bond motifs is 1. The number of hydrogen-bond acceptors (Lipinski definition) is 4. The van der Waals surface area contributed by atoms with Crippen LogP contribution in [0, 0.1) is 0 Å². The highest BCUT2D eigenvalue weighted by Gasteiger charge is 2.51. The predicted octanol–water partition coefficient (Wildman–Crippen LogP) is 2.99. The van der Waals surface area contributed by atoms with Crippen LogP contribution in [0.25, 0.3) is 0 Å². The highest BCUT2D eigenvalue weighted by Crippen LogP contribution is 2.35. The van der Waals surface area contributed by atoms with Gasteiger partial charge in [-0.25, -0.2) is 8.42 Å². The fourth-order valence-corrected chi connectivity index (χ4v) is 7.06. The van der Waals surface area contributed by atoms with Crippen molar-refractivity contribution in [3.8, 4) is 0 Å². The van der Waals surface area contributed by atoms with Crippen LogP contribution in [-0.4, -0.2) is 55.4 Å². The molecule has 1 aliphatic carbocycles. The van der Waals surface area contributed by atoms with E-state index in [2.05, 4.69) is 20.8 Å². The average molecular weight is 441 g/mol. The van der Waals surface area contributed by atoms with E-state index in [1.165, 1.54) is 25.7 Å². The lowest BCUT2D eigenvalue weighted by atomic mass is 9.97. The van der Waals surface area contributed by atoms with Gasteiger partial charge in [-0.1, -0.05) is 41.6 Å². The summed E-state index contributed by atoms with van der Waals surface area (Å²) in [5.41, 5.74) is 0.797. The Morgan fingerprint density at radius 1 is 0.923 bits per heavy atom. The lowest BCUT2D eigenvalue weighted by molar-refractivity contribution is -0.124. The molecule has 2 saturated heterocycles. The van der Waals surface area contributed by atoms with Crippen LogP contribution < -0.4 is 4.90 Å². The Balaban J connectivity index is 1.66. The average Bonchev–Trinajstić information content (AvgIpc) is 2.76. The smallest absolute Gasteiger partial charge is 0.241 e. The molecule has 0 bridgehead atoms. The van der Waals surface area contributed by atoms with Gasteiger partial charge in [0.1, 0.15) is 0 Å². The molecule has 0 N–H and O–H groups in total. The van der Waals surface area contributed by atoms with Crippen molar-refractivity contribution in [3.05, 3.63) is 28.7 Å². The Morgan fingerprint density at radius 2 is 1.54 bits per heavy atom. The lowest BCUT2D eigenvalue weighted by Gasteiger charge is -2.46. The number of nitrogens with zero attached hydrogens (tertiary/aromatic N) is 2. The molecule has 1 aromatic rings. The molecule has 1 saturated carbocycles. The summed E-state index contributed by atoms with van der Waals surface area (Å²) < 4.78 is 25.9. The third-order valence-corrected chi connectivity index (χ3v) is 8.26. The third-order valence-electron chi connectivity index (χ3n) is 6.04. The van der Waals surface area contributed by atoms with Crippen LogP contribution in [0.1, 0.15) is 38.5 Å². The zero-order valence-electron chi connectivity index (χ0n) is 14.8. The zero-order chi connectivity index (χ0) is 18.3. The molecule has 1 aromatic carbocycles. The summed E-state index contributed by atoms with van der Waals surface area (Å²) in [6.45, 7) is 0.331. The summed E-state index contributed by atoms with van der Waals surface area (Å²) in [5, 5.41) is 0. The summed E-state index contributed by atoms with van der Waals surface area (Å²) in [6.07, 6.45) is 7.00. The molecule has 0 aromatic heterocycles. The van der Waals surface area contributed by atoms with E-state index in [1.807, 2.05) is 24.3 Å². The Bertz CT molecular complexity index is 772. The van der Waals surface area contributed by atoms with Crippen LogP contribution in [0.4, 0.5) is 5.69 Å². The van der Waals surface area contributed by atoms with Gasteiger partial charge in [-0.3, -0.25) is 9.69 Å². The molecule has 0 radical (unpaired) electrons. The standard InChI is InChI=1S/C19H25BrN2O3S/c20-14-7-9-16(10-8-14)22-18-13-26(24,25)12-17(18)21(11-19(22)23)15-5-3-1-2-4-6-15/h7-10,15,17-18H,1-6,11-13H2/t17-,18-/m1/s1. The lowest BCUT2D eigenvalue weighted by Crippen LogP contribution is -2.64. The Kier molecular flexibility index (Phi) is 5.14. The van der Waals surface area contributed by atoms with Gasteiger partial charge in [-0.2, -0.15) is 0 Å². The van der Waals surface area contributed by atoms with Crippen LogP contribution in [0.2, 0.25) is 0 Å². The van der Waals surface area contributed by atoms with Crippen LogP contribution in [0.15, 0.2) is 28.7 Å². The van der Waals surface area contributed by atoms with Crippen molar-refractivity contribution in [1.82, 2.24) is 4.90 Å². The highest BCUT2D eigenvalue weighted by atomic mass is 79.9. The van der Waals surface area contributed by atoms with E-state index < -0.39 is 9.84 Å². The summed E-state index contributed by atoms with van der Waals surface area (Å²) in [7, 11) is -3.13. The number of sulfone groups is 1. The SMILES string of the molecule is O=C1CN(C2CCCCCC2)[C@@H]2CS(=O)(=O)C[C@H]2N1c1ccc(Br)cc1. The quantitative estimate of drug-likeness (QED) is 0.663. The number of halogens is 1. The van der Waals surface area contributed by atoms with Gasteiger partial charge < -0.3 is 4.90 Å². The molecule has 5 nitrogen and oxygen atoms in total. The van der Waals surface area contributed by atoms with Crippen LogP contribution in [0.3, 0.4) is 0 Å². The number of rotatable bonds is 2. The number of piperazine rings is 1. The molecule has 142 valence electrons. The van der Waals surface area contributed by atoms with Crippen molar-refractivity contribution in [1.29, 1.82) is 0 Å². The first-order valence-electron chi connectivity index (χ1n) is 9.48. The van der Waals surface area contributed by atoms with E-state index in [1.54, 1.807) is 4.90 Å². The molecule has 0 unspecified atom stereocenters. The highest BCUT2D eigenvalue weighted by molar-refractivity contribution is 9.10. The molecule has 7 heteroatoms. The van der Waals surface area contributed by atoms with Gasteiger partial charge in [0.2, 0.25) is 5.91 Å². The molecule has 4 rings (SSSR count). The normalized spacial score (nSPS) is 30.2. The Hall–Kier alpha value is -0.920. The summed E-state index contributed by atoms with van der Waals surface area (Å²) in [4.78, 5) is 17.0. The van der Waals surface area contributed by atoms with Gasteiger partial charge >= 0.3 is 0 Å². The van der Waals surface area contributed by atoms with Crippen molar-refractivity contribution in [2.45, 2.75) is 56.7 Å². The molecular formula is C19H25BrN2O3S. The predicted molar refractivity (Wildman–Crippen MR) is 106 cm³/mol. The first-order chi connectivity index (χ1) is 12.4. The number of carbonyl (C=O) groups is 1. The topological polar surface area (TPSA) is 57.7 Å². The maximum Gasteiger partial charge on any atom is 0.241 e. The molecule has 3 aliphatic rings. The monoisotopic (exact) mass is 440 g/mol. The summed E-state index contributed by atoms with van der Waals surface area (Å²) in [5.74, 6) is 0.270. The second kappa shape index (κ2) is 7.24. The van der Waals surface area contributed by atoms with Gasteiger partial charge in [0.05, 0.1) is 24.1 Å². The summed E-state index contributed by atoms with van der Waals surface area (Å²) >= 11 is 3.42. The fraction of sp³-hybridized carbons (Fsp3) is 0.632. The van der Waals surface area contributed by atoms with Crippen LogP contribution in [-0.2, 0) is 14.6 Å². The molecule has 2 heterocycles. The molecule has 2 atom stereocenters. The minimum atomic E-state index is -3.13. The summed E-state index contributed by atoms with van der Waals surface area (Å²) in [6, 6.07) is 7.58. The number of amides is 1. The number of benzene rings is 1. The minimum absolute atomic E-state index is 0.0231. The van der Waals surface area contributed by atoms with E-state index in [-0.39, 0.29) is 29.5 Å².